The molecule has 0 saturated carbocycles. The van der Waals surface area contributed by atoms with Crippen molar-refractivity contribution in [1.82, 2.24) is 24.8 Å². The highest BCUT2D eigenvalue weighted by Gasteiger charge is 2.25. The average molecular weight is 449 g/mol. The Bertz CT molecular complexity index is 1150. The minimum absolute atomic E-state index is 0.0901. The lowest BCUT2D eigenvalue weighted by Gasteiger charge is -2.18. The Morgan fingerprint density at radius 3 is 2.88 bits per heavy atom. The van der Waals surface area contributed by atoms with Gasteiger partial charge < -0.3 is 15.3 Å². The molecule has 3 aromatic heterocycles. The first-order chi connectivity index (χ1) is 16.1. The van der Waals surface area contributed by atoms with Gasteiger partial charge in [0.25, 0.3) is 0 Å². The molecule has 0 aliphatic carbocycles. The largest absolute Gasteiger partial charge is 0.395 e. The van der Waals surface area contributed by atoms with Crippen molar-refractivity contribution >= 4 is 17.5 Å². The summed E-state index contributed by atoms with van der Waals surface area (Å²) in [6, 6.07) is 9.37. The van der Waals surface area contributed by atoms with Crippen LogP contribution in [0.3, 0.4) is 0 Å². The molecule has 9 nitrogen and oxygen atoms in total. The molecule has 0 spiro atoms. The van der Waals surface area contributed by atoms with Crippen molar-refractivity contribution in [1.29, 1.82) is 5.26 Å². The van der Waals surface area contributed by atoms with Crippen molar-refractivity contribution in [3.63, 3.8) is 0 Å². The summed E-state index contributed by atoms with van der Waals surface area (Å²) in [5.41, 5.74) is 3.32. The van der Waals surface area contributed by atoms with E-state index in [1.807, 2.05) is 24.1 Å². The summed E-state index contributed by atoms with van der Waals surface area (Å²) in [6.07, 6.45) is 4.54. The SMILES string of the molecule is CN(CCO)Cc1cc(Nc2nccc(-c3cnc(N4CC[C@H](F)C4)c(C#N)c3)n2)ccn1. The number of halogens is 1. The van der Waals surface area contributed by atoms with Crippen LogP contribution in [0.2, 0.25) is 0 Å². The van der Waals surface area contributed by atoms with Crippen molar-refractivity contribution in [2.75, 3.05) is 43.5 Å². The molecule has 0 unspecified atom stereocenters. The number of hydrogen-bond donors (Lipinski definition) is 2. The number of pyridine rings is 2. The van der Waals surface area contributed by atoms with Crippen LogP contribution in [-0.2, 0) is 6.54 Å². The second-order valence-electron chi connectivity index (χ2n) is 7.93. The van der Waals surface area contributed by atoms with E-state index in [0.717, 1.165) is 11.4 Å². The van der Waals surface area contributed by atoms with E-state index in [1.54, 1.807) is 35.6 Å². The van der Waals surface area contributed by atoms with Gasteiger partial charge in [-0.2, -0.15) is 5.26 Å². The average Bonchev–Trinajstić information content (AvgIpc) is 3.25. The van der Waals surface area contributed by atoms with Gasteiger partial charge in [0.15, 0.2) is 0 Å². The van der Waals surface area contributed by atoms with Crippen LogP contribution in [-0.4, -0.2) is 69.4 Å². The number of hydrogen-bond acceptors (Lipinski definition) is 9. The van der Waals surface area contributed by atoms with E-state index in [0.29, 0.717) is 54.6 Å². The van der Waals surface area contributed by atoms with Gasteiger partial charge in [0.1, 0.15) is 18.1 Å². The number of aliphatic hydroxyl groups excluding tert-OH is 1. The standard InChI is InChI=1S/C23H25FN8O/c1-31(8-9-33)15-20-11-19(2-5-26-20)29-23-27-6-3-21(30-23)17-10-16(12-25)22(28-13-17)32-7-4-18(24)14-32/h2-3,5-6,10-11,13,18,33H,4,7-9,14-15H2,1H3,(H,26,27,29,30)/t18-/m0/s1. The highest BCUT2D eigenvalue weighted by atomic mass is 19.1. The number of aliphatic hydroxyl groups is 1. The number of nitrogens with zero attached hydrogens (tertiary/aromatic N) is 7. The monoisotopic (exact) mass is 448 g/mol. The molecule has 0 radical (unpaired) electrons. The van der Waals surface area contributed by atoms with Crippen LogP contribution in [0.1, 0.15) is 17.7 Å². The lowest BCUT2D eigenvalue weighted by atomic mass is 10.1. The fraction of sp³-hybridized carbons (Fsp3) is 0.348. The molecule has 0 bridgehead atoms. The Balaban J connectivity index is 1.52. The van der Waals surface area contributed by atoms with Crippen molar-refractivity contribution in [3.05, 3.63) is 54.1 Å². The third kappa shape index (κ3) is 5.58. The molecule has 1 atom stereocenters. The number of nitriles is 1. The van der Waals surface area contributed by atoms with Gasteiger partial charge in [0.2, 0.25) is 5.95 Å². The maximum Gasteiger partial charge on any atom is 0.227 e. The molecule has 33 heavy (non-hydrogen) atoms. The van der Waals surface area contributed by atoms with E-state index < -0.39 is 6.17 Å². The molecule has 4 rings (SSSR count). The Labute approximate surface area is 191 Å². The summed E-state index contributed by atoms with van der Waals surface area (Å²) in [7, 11) is 1.92. The minimum Gasteiger partial charge on any atom is -0.395 e. The smallest absolute Gasteiger partial charge is 0.227 e. The summed E-state index contributed by atoms with van der Waals surface area (Å²) in [4.78, 5) is 21.4. The number of nitrogens with one attached hydrogen (secondary N) is 1. The lowest BCUT2D eigenvalue weighted by molar-refractivity contribution is 0.216. The van der Waals surface area contributed by atoms with Crippen LogP contribution in [0, 0.1) is 11.3 Å². The van der Waals surface area contributed by atoms with Crippen LogP contribution in [0.25, 0.3) is 11.3 Å². The van der Waals surface area contributed by atoms with E-state index in [9.17, 15) is 9.65 Å². The quantitative estimate of drug-likeness (QED) is 0.536. The van der Waals surface area contributed by atoms with E-state index >= 15 is 0 Å². The molecule has 10 heteroatoms. The first-order valence-corrected chi connectivity index (χ1v) is 10.7. The highest BCUT2D eigenvalue weighted by molar-refractivity contribution is 5.67. The van der Waals surface area contributed by atoms with Crippen LogP contribution in [0.4, 0.5) is 21.8 Å². The summed E-state index contributed by atoms with van der Waals surface area (Å²) >= 11 is 0. The molecular formula is C23H25FN8O. The molecule has 1 aliphatic heterocycles. The van der Waals surface area contributed by atoms with Crippen LogP contribution >= 0.6 is 0 Å². The Hall–Kier alpha value is -3.68. The van der Waals surface area contributed by atoms with E-state index in [1.165, 1.54) is 0 Å². The molecular weight excluding hydrogens is 423 g/mol. The summed E-state index contributed by atoms with van der Waals surface area (Å²) in [5, 5.41) is 21.9. The first-order valence-electron chi connectivity index (χ1n) is 10.7. The molecule has 1 fully saturated rings. The van der Waals surface area contributed by atoms with E-state index in [4.69, 9.17) is 5.11 Å². The van der Waals surface area contributed by atoms with Gasteiger partial charge in [0, 0.05) is 49.5 Å². The second kappa shape index (κ2) is 10.3. The maximum absolute atomic E-state index is 13.6. The zero-order valence-corrected chi connectivity index (χ0v) is 18.3. The van der Waals surface area contributed by atoms with Gasteiger partial charge in [-0.1, -0.05) is 0 Å². The van der Waals surface area contributed by atoms with Gasteiger partial charge in [-0.15, -0.1) is 0 Å². The summed E-state index contributed by atoms with van der Waals surface area (Å²) in [5.74, 6) is 0.903. The molecule has 170 valence electrons. The molecule has 1 aliphatic rings. The Kier molecular flexibility index (Phi) is 7.02. The molecule has 0 amide bonds. The minimum atomic E-state index is -0.891. The van der Waals surface area contributed by atoms with Gasteiger partial charge in [-0.25, -0.2) is 19.3 Å². The van der Waals surface area contributed by atoms with Gasteiger partial charge >= 0.3 is 0 Å². The summed E-state index contributed by atoms with van der Waals surface area (Å²) < 4.78 is 13.6. The third-order valence-electron chi connectivity index (χ3n) is 5.36. The van der Waals surface area contributed by atoms with Crippen molar-refractivity contribution in [2.24, 2.45) is 0 Å². The second-order valence-corrected chi connectivity index (χ2v) is 7.93. The number of rotatable bonds is 8. The summed E-state index contributed by atoms with van der Waals surface area (Å²) in [6.45, 7) is 2.06. The third-order valence-corrected chi connectivity index (χ3v) is 5.36. The van der Waals surface area contributed by atoms with Crippen molar-refractivity contribution in [3.8, 4) is 17.3 Å². The number of anilines is 3. The Morgan fingerprint density at radius 1 is 1.27 bits per heavy atom. The number of aromatic nitrogens is 4. The van der Waals surface area contributed by atoms with Crippen molar-refractivity contribution in [2.45, 2.75) is 19.1 Å². The molecule has 1 saturated heterocycles. The van der Waals surface area contributed by atoms with Crippen LogP contribution < -0.4 is 10.2 Å². The zero-order valence-electron chi connectivity index (χ0n) is 18.3. The highest BCUT2D eigenvalue weighted by Crippen LogP contribution is 2.27. The maximum atomic E-state index is 13.6. The number of alkyl halides is 1. The molecule has 2 N–H and O–H groups in total. The molecule has 0 aromatic carbocycles. The lowest BCUT2D eigenvalue weighted by Crippen LogP contribution is -2.22. The van der Waals surface area contributed by atoms with Crippen molar-refractivity contribution < 1.29 is 9.50 Å². The van der Waals surface area contributed by atoms with Crippen LogP contribution in [0.5, 0.6) is 0 Å². The van der Waals surface area contributed by atoms with E-state index in [-0.39, 0.29) is 13.2 Å². The Morgan fingerprint density at radius 2 is 2.12 bits per heavy atom. The first kappa shape index (κ1) is 22.5. The predicted octanol–water partition coefficient (Wildman–Crippen LogP) is 2.52. The topological polar surface area (TPSA) is 114 Å². The van der Waals surface area contributed by atoms with Gasteiger partial charge in [-0.05, 0) is 37.7 Å². The normalized spacial score (nSPS) is 15.6. The fourth-order valence-electron chi connectivity index (χ4n) is 3.72. The zero-order chi connectivity index (χ0) is 23.2. The van der Waals surface area contributed by atoms with Crippen LogP contribution in [0.15, 0.2) is 42.9 Å². The number of likely N-dealkylation sites (N-methyl/N-ethyl adjacent to an activating group) is 1. The van der Waals surface area contributed by atoms with E-state index in [2.05, 4.69) is 31.3 Å². The fourth-order valence-corrected chi connectivity index (χ4v) is 3.72. The van der Waals surface area contributed by atoms with Gasteiger partial charge in [-0.3, -0.25) is 9.88 Å². The molecule has 4 heterocycles. The van der Waals surface area contributed by atoms with Gasteiger partial charge in [0.05, 0.1) is 30.1 Å². The molecule has 3 aromatic rings. The predicted molar refractivity (Wildman–Crippen MR) is 123 cm³/mol.